The van der Waals surface area contributed by atoms with Gasteiger partial charge in [0.1, 0.15) is 5.82 Å². The number of rotatable bonds is 6. The van der Waals surface area contributed by atoms with Gasteiger partial charge in [0.2, 0.25) is 0 Å². The first-order chi connectivity index (χ1) is 11.5. The highest BCUT2D eigenvalue weighted by Gasteiger charge is 2.12. The summed E-state index contributed by atoms with van der Waals surface area (Å²) in [6, 6.07) is 7.33. The Morgan fingerprint density at radius 1 is 1.21 bits per heavy atom. The van der Waals surface area contributed by atoms with E-state index in [2.05, 4.69) is 21.2 Å². The third-order valence-electron chi connectivity index (χ3n) is 3.41. The minimum Gasteiger partial charge on any atom is -0.493 e. The molecule has 0 bridgehead atoms. The molecule has 0 radical (unpaired) electrons. The molecule has 0 aromatic heterocycles. The van der Waals surface area contributed by atoms with Crippen molar-refractivity contribution >= 4 is 33.4 Å². The van der Waals surface area contributed by atoms with E-state index in [0.29, 0.717) is 24.5 Å². The third kappa shape index (κ3) is 4.39. The molecule has 1 amide bonds. The summed E-state index contributed by atoms with van der Waals surface area (Å²) < 4.78 is 24.4. The Balaban J connectivity index is 2.02. The normalized spacial score (nSPS) is 10.4. The van der Waals surface area contributed by atoms with Crippen LogP contribution >= 0.6 is 27.5 Å². The van der Waals surface area contributed by atoms with Crippen LogP contribution in [0.5, 0.6) is 11.5 Å². The van der Waals surface area contributed by atoms with Crippen LogP contribution in [0.4, 0.5) is 4.39 Å². The average Bonchev–Trinajstić information content (AvgIpc) is 2.55. The zero-order chi connectivity index (χ0) is 17.7. The van der Waals surface area contributed by atoms with Crippen molar-refractivity contribution in [3.05, 3.63) is 56.8 Å². The van der Waals surface area contributed by atoms with E-state index in [1.165, 1.54) is 12.1 Å². The number of carbonyl (C=O) groups excluding carboxylic acids is 1. The number of methoxy groups -OCH3 is 2. The highest BCUT2D eigenvalue weighted by molar-refractivity contribution is 9.10. The van der Waals surface area contributed by atoms with Crippen LogP contribution in [0.25, 0.3) is 0 Å². The molecule has 2 aromatic rings. The van der Waals surface area contributed by atoms with Gasteiger partial charge in [-0.15, -0.1) is 0 Å². The van der Waals surface area contributed by atoms with Gasteiger partial charge in [0.15, 0.2) is 11.5 Å². The molecule has 24 heavy (non-hydrogen) atoms. The maximum Gasteiger partial charge on any atom is 0.252 e. The fraction of sp³-hybridized carbons (Fsp3) is 0.235. The second-order valence-corrected chi connectivity index (χ2v) is 6.19. The second-order valence-electron chi connectivity index (χ2n) is 4.93. The number of benzene rings is 2. The molecule has 0 heterocycles. The molecule has 0 aliphatic carbocycles. The van der Waals surface area contributed by atoms with Gasteiger partial charge in [0.25, 0.3) is 5.91 Å². The number of hydrogen-bond donors (Lipinski definition) is 1. The Labute approximate surface area is 153 Å². The minimum absolute atomic E-state index is 0.0831. The van der Waals surface area contributed by atoms with Crippen molar-refractivity contribution in [3.8, 4) is 11.5 Å². The average molecular weight is 417 g/mol. The molecule has 0 spiro atoms. The Hall–Kier alpha value is -1.79. The molecule has 4 nitrogen and oxygen atoms in total. The van der Waals surface area contributed by atoms with Crippen molar-refractivity contribution in [1.29, 1.82) is 0 Å². The SMILES string of the molecule is COc1cc(Br)c(CCNC(=O)c2ccc(F)cc2Cl)cc1OC. The summed E-state index contributed by atoms with van der Waals surface area (Å²) in [6.07, 6.45) is 0.575. The fourth-order valence-corrected chi connectivity index (χ4v) is 2.94. The van der Waals surface area contributed by atoms with Gasteiger partial charge in [0, 0.05) is 11.0 Å². The number of ether oxygens (including phenoxy) is 2. The van der Waals surface area contributed by atoms with Crippen LogP contribution in [0.1, 0.15) is 15.9 Å². The van der Waals surface area contributed by atoms with E-state index in [1.54, 1.807) is 14.2 Å². The maximum absolute atomic E-state index is 13.0. The van der Waals surface area contributed by atoms with E-state index in [0.717, 1.165) is 16.1 Å². The first-order valence-corrected chi connectivity index (χ1v) is 8.27. The molecule has 128 valence electrons. The second kappa shape index (κ2) is 8.35. The lowest BCUT2D eigenvalue weighted by Crippen LogP contribution is -2.26. The molecule has 0 aliphatic heterocycles. The number of halogens is 3. The molecule has 0 aliphatic rings. The Morgan fingerprint density at radius 2 is 1.88 bits per heavy atom. The minimum atomic E-state index is -0.481. The molecule has 0 saturated heterocycles. The van der Waals surface area contributed by atoms with Gasteiger partial charge in [-0.05, 0) is 42.3 Å². The summed E-state index contributed by atoms with van der Waals surface area (Å²) in [5.41, 5.74) is 1.20. The van der Waals surface area contributed by atoms with Crippen molar-refractivity contribution in [3.63, 3.8) is 0 Å². The van der Waals surface area contributed by atoms with E-state index in [1.807, 2.05) is 12.1 Å². The highest BCUT2D eigenvalue weighted by atomic mass is 79.9. The summed E-state index contributed by atoms with van der Waals surface area (Å²) in [4.78, 5) is 12.1. The quantitative estimate of drug-likeness (QED) is 0.766. The van der Waals surface area contributed by atoms with Gasteiger partial charge in [-0.2, -0.15) is 0 Å². The van der Waals surface area contributed by atoms with Crippen molar-refractivity contribution in [2.75, 3.05) is 20.8 Å². The topological polar surface area (TPSA) is 47.6 Å². The zero-order valence-corrected chi connectivity index (χ0v) is 15.5. The molecule has 1 N–H and O–H groups in total. The lowest BCUT2D eigenvalue weighted by atomic mass is 10.1. The molecule has 0 atom stereocenters. The number of nitrogens with one attached hydrogen (secondary N) is 1. The van der Waals surface area contributed by atoms with E-state index < -0.39 is 5.82 Å². The molecular formula is C17H16BrClFNO3. The molecular weight excluding hydrogens is 401 g/mol. The third-order valence-corrected chi connectivity index (χ3v) is 4.46. The van der Waals surface area contributed by atoms with Crippen LogP contribution < -0.4 is 14.8 Å². The number of hydrogen-bond acceptors (Lipinski definition) is 3. The smallest absolute Gasteiger partial charge is 0.252 e. The predicted molar refractivity (Wildman–Crippen MR) is 94.7 cm³/mol. The van der Waals surface area contributed by atoms with E-state index in [4.69, 9.17) is 21.1 Å². The standard InChI is InChI=1S/C17H16BrClFNO3/c1-23-15-7-10(13(18)9-16(15)24-2)5-6-21-17(22)12-4-3-11(20)8-14(12)19/h3-4,7-9H,5-6H2,1-2H3,(H,21,22). The Morgan fingerprint density at radius 3 is 2.50 bits per heavy atom. The van der Waals surface area contributed by atoms with E-state index in [-0.39, 0.29) is 16.5 Å². The molecule has 0 saturated carbocycles. The zero-order valence-electron chi connectivity index (χ0n) is 13.2. The summed E-state index contributed by atoms with van der Waals surface area (Å²) >= 11 is 9.35. The van der Waals surface area contributed by atoms with Gasteiger partial charge in [-0.1, -0.05) is 27.5 Å². The highest BCUT2D eigenvalue weighted by Crippen LogP contribution is 2.33. The van der Waals surface area contributed by atoms with Gasteiger partial charge in [-0.25, -0.2) is 4.39 Å². The molecule has 2 rings (SSSR count). The Bertz CT molecular complexity index is 755. The first kappa shape index (κ1) is 18.5. The van der Waals surface area contributed by atoms with Crippen molar-refractivity contribution < 1.29 is 18.7 Å². The molecule has 0 fully saturated rings. The predicted octanol–water partition coefficient (Wildman–Crippen LogP) is 4.23. The fourth-order valence-electron chi connectivity index (χ4n) is 2.17. The lowest BCUT2D eigenvalue weighted by Gasteiger charge is -2.12. The first-order valence-electron chi connectivity index (χ1n) is 7.10. The Kier molecular flexibility index (Phi) is 6.45. The van der Waals surface area contributed by atoms with Gasteiger partial charge in [0.05, 0.1) is 24.8 Å². The molecule has 7 heteroatoms. The van der Waals surface area contributed by atoms with Gasteiger partial charge < -0.3 is 14.8 Å². The summed E-state index contributed by atoms with van der Waals surface area (Å²) in [5.74, 6) is 0.404. The molecule has 2 aromatic carbocycles. The maximum atomic E-state index is 13.0. The van der Waals surface area contributed by atoms with E-state index in [9.17, 15) is 9.18 Å². The number of amides is 1. The van der Waals surface area contributed by atoms with Crippen LogP contribution in [0.15, 0.2) is 34.8 Å². The monoisotopic (exact) mass is 415 g/mol. The largest absolute Gasteiger partial charge is 0.493 e. The van der Waals surface area contributed by atoms with E-state index >= 15 is 0 Å². The number of carbonyl (C=O) groups is 1. The van der Waals surface area contributed by atoms with Crippen LogP contribution in [0.2, 0.25) is 5.02 Å². The molecule has 0 unspecified atom stereocenters. The van der Waals surface area contributed by atoms with Crippen LogP contribution in [0.3, 0.4) is 0 Å². The van der Waals surface area contributed by atoms with Crippen molar-refractivity contribution in [1.82, 2.24) is 5.32 Å². The summed E-state index contributed by atoms with van der Waals surface area (Å²) in [6.45, 7) is 0.390. The van der Waals surface area contributed by atoms with Gasteiger partial charge in [-0.3, -0.25) is 4.79 Å². The van der Waals surface area contributed by atoms with Gasteiger partial charge >= 0.3 is 0 Å². The van der Waals surface area contributed by atoms with Crippen molar-refractivity contribution in [2.45, 2.75) is 6.42 Å². The van der Waals surface area contributed by atoms with Crippen LogP contribution in [0, 0.1) is 5.82 Å². The lowest BCUT2D eigenvalue weighted by molar-refractivity contribution is 0.0954. The summed E-state index contributed by atoms with van der Waals surface area (Å²) in [7, 11) is 3.13. The summed E-state index contributed by atoms with van der Waals surface area (Å²) in [5, 5.41) is 2.85. The van der Waals surface area contributed by atoms with Crippen LogP contribution in [-0.2, 0) is 6.42 Å². The van der Waals surface area contributed by atoms with Crippen LogP contribution in [-0.4, -0.2) is 26.7 Å². The van der Waals surface area contributed by atoms with Crippen molar-refractivity contribution in [2.24, 2.45) is 0 Å².